The summed E-state index contributed by atoms with van der Waals surface area (Å²) in [4.78, 5) is 15.7. The van der Waals surface area contributed by atoms with Gasteiger partial charge < -0.3 is 15.0 Å². The van der Waals surface area contributed by atoms with Crippen LogP contribution in [0.5, 0.6) is 11.8 Å². The number of nitrogens with zero attached hydrogens (tertiary/aromatic N) is 6. The van der Waals surface area contributed by atoms with E-state index < -0.39 is 0 Å². The molecular formula is C22H26ClN7O. The van der Waals surface area contributed by atoms with Crippen LogP contribution in [0.1, 0.15) is 24.1 Å². The molecule has 2 aliphatic rings. The minimum Gasteiger partial charge on any atom is -0.424 e. The van der Waals surface area contributed by atoms with E-state index in [-0.39, 0.29) is 0 Å². The molecule has 1 aliphatic heterocycles. The predicted molar refractivity (Wildman–Crippen MR) is 120 cm³/mol. The highest BCUT2D eigenvalue weighted by Crippen LogP contribution is 2.39. The average molecular weight is 440 g/mol. The van der Waals surface area contributed by atoms with Gasteiger partial charge in [-0.2, -0.15) is 4.98 Å². The van der Waals surface area contributed by atoms with Gasteiger partial charge in [-0.3, -0.25) is 0 Å². The van der Waals surface area contributed by atoms with Gasteiger partial charge in [-0.1, -0.05) is 11.6 Å². The second-order valence-corrected chi connectivity index (χ2v) is 9.03. The second-order valence-electron chi connectivity index (χ2n) is 8.60. The zero-order valence-corrected chi connectivity index (χ0v) is 18.7. The fourth-order valence-electron chi connectivity index (χ4n) is 4.80. The van der Waals surface area contributed by atoms with Gasteiger partial charge in [0, 0.05) is 43.0 Å². The Morgan fingerprint density at radius 3 is 2.55 bits per heavy atom. The van der Waals surface area contributed by atoms with Crippen LogP contribution in [0.15, 0.2) is 30.6 Å². The van der Waals surface area contributed by atoms with Gasteiger partial charge in [0.15, 0.2) is 0 Å². The van der Waals surface area contributed by atoms with E-state index in [0.717, 1.165) is 30.2 Å². The molecule has 9 heteroatoms. The molecule has 0 spiro atoms. The molecule has 1 saturated heterocycles. The SMILES string of the molecule is Cc1cc(Cl)cc(Oc2nc(NC3C4CCC3CN(c3cc(C)ncn3)C4)nn2C)c1. The lowest BCUT2D eigenvalue weighted by molar-refractivity contribution is 0.374. The molecule has 1 aliphatic carbocycles. The number of halogens is 1. The maximum Gasteiger partial charge on any atom is 0.321 e. The first-order chi connectivity index (χ1) is 14.9. The summed E-state index contributed by atoms with van der Waals surface area (Å²) < 4.78 is 7.59. The standard InChI is InChI=1S/C22H26ClN7O/c1-13-6-17(23)9-18(7-13)31-22-27-21(28-29(22)3)26-20-15-4-5-16(20)11-30(10-15)19-8-14(2)24-12-25-19/h6-9,12,15-16,20H,4-5,10-11H2,1-3H3,(H,26,28). The number of fused-ring (bicyclic) bond motifs is 2. The number of hydrogen-bond donors (Lipinski definition) is 1. The highest BCUT2D eigenvalue weighted by atomic mass is 35.5. The maximum atomic E-state index is 6.15. The molecule has 0 amide bonds. The number of rotatable bonds is 5. The number of aryl methyl sites for hydroxylation is 3. The van der Waals surface area contributed by atoms with E-state index in [1.807, 2.05) is 33.0 Å². The molecule has 162 valence electrons. The van der Waals surface area contributed by atoms with E-state index in [1.165, 1.54) is 12.8 Å². The van der Waals surface area contributed by atoms with E-state index >= 15 is 0 Å². The Kier molecular flexibility index (Phi) is 5.17. The van der Waals surface area contributed by atoms with Crippen molar-refractivity contribution in [2.45, 2.75) is 32.7 Å². The van der Waals surface area contributed by atoms with Crippen LogP contribution in [-0.4, -0.2) is 43.9 Å². The summed E-state index contributed by atoms with van der Waals surface area (Å²) in [6.45, 7) is 5.93. The normalized spacial score (nSPS) is 22.6. The molecule has 31 heavy (non-hydrogen) atoms. The van der Waals surface area contributed by atoms with Gasteiger partial charge in [-0.25, -0.2) is 14.6 Å². The number of benzene rings is 1. The number of anilines is 2. The predicted octanol–water partition coefficient (Wildman–Crippen LogP) is 3.99. The van der Waals surface area contributed by atoms with Gasteiger partial charge in [0.2, 0.25) is 5.95 Å². The maximum absolute atomic E-state index is 6.15. The Hall–Kier alpha value is -2.87. The molecular weight excluding hydrogens is 414 g/mol. The Bertz CT molecular complexity index is 1070. The quantitative estimate of drug-likeness (QED) is 0.643. The molecule has 0 radical (unpaired) electrons. The lowest BCUT2D eigenvalue weighted by Gasteiger charge is -2.38. The Morgan fingerprint density at radius 2 is 1.84 bits per heavy atom. The smallest absolute Gasteiger partial charge is 0.321 e. The van der Waals surface area contributed by atoms with Crippen LogP contribution in [0.3, 0.4) is 0 Å². The zero-order valence-electron chi connectivity index (χ0n) is 17.9. The van der Waals surface area contributed by atoms with E-state index in [1.54, 1.807) is 17.1 Å². The Morgan fingerprint density at radius 1 is 1.06 bits per heavy atom. The van der Waals surface area contributed by atoms with Crippen molar-refractivity contribution in [2.24, 2.45) is 18.9 Å². The fourth-order valence-corrected chi connectivity index (χ4v) is 5.07. The Balaban J connectivity index is 1.28. The highest BCUT2D eigenvalue weighted by molar-refractivity contribution is 6.30. The largest absolute Gasteiger partial charge is 0.424 e. The van der Waals surface area contributed by atoms with Gasteiger partial charge in [-0.15, -0.1) is 5.10 Å². The summed E-state index contributed by atoms with van der Waals surface area (Å²) in [6, 6.07) is 8.45. The van der Waals surface area contributed by atoms with Crippen LogP contribution in [0.4, 0.5) is 11.8 Å². The number of piperidine rings is 1. The van der Waals surface area contributed by atoms with Gasteiger partial charge in [0.1, 0.15) is 17.9 Å². The summed E-state index contributed by atoms with van der Waals surface area (Å²) >= 11 is 6.15. The molecule has 1 aromatic carbocycles. The first kappa shape index (κ1) is 20.1. The third kappa shape index (κ3) is 4.17. The lowest BCUT2D eigenvalue weighted by atomic mass is 9.92. The molecule has 3 aromatic rings. The molecule has 8 nitrogen and oxygen atoms in total. The third-order valence-electron chi connectivity index (χ3n) is 6.19. The fraction of sp³-hybridized carbons (Fsp3) is 0.455. The van der Waals surface area contributed by atoms with Crippen molar-refractivity contribution in [3.05, 3.63) is 46.9 Å². The van der Waals surface area contributed by atoms with Crippen molar-refractivity contribution in [3.63, 3.8) is 0 Å². The molecule has 2 bridgehead atoms. The summed E-state index contributed by atoms with van der Waals surface area (Å²) in [5, 5.41) is 8.76. The summed E-state index contributed by atoms with van der Waals surface area (Å²) in [6.07, 6.45) is 4.04. The van der Waals surface area contributed by atoms with Gasteiger partial charge in [-0.05, 0) is 62.3 Å². The van der Waals surface area contributed by atoms with Crippen molar-refractivity contribution >= 4 is 23.4 Å². The van der Waals surface area contributed by atoms with Crippen molar-refractivity contribution in [1.29, 1.82) is 0 Å². The third-order valence-corrected chi connectivity index (χ3v) is 6.41. The number of aromatic nitrogens is 5. The Labute approximate surface area is 186 Å². The van der Waals surface area contributed by atoms with Crippen LogP contribution < -0.4 is 15.0 Å². The minimum absolute atomic E-state index is 0.350. The van der Waals surface area contributed by atoms with E-state index in [0.29, 0.717) is 40.6 Å². The summed E-state index contributed by atoms with van der Waals surface area (Å²) in [7, 11) is 1.83. The molecule has 2 fully saturated rings. The summed E-state index contributed by atoms with van der Waals surface area (Å²) in [5.41, 5.74) is 2.03. The molecule has 5 rings (SSSR count). The average Bonchev–Trinajstić information content (AvgIpc) is 3.15. The first-order valence-corrected chi connectivity index (χ1v) is 11.0. The van der Waals surface area contributed by atoms with E-state index in [4.69, 9.17) is 16.3 Å². The highest BCUT2D eigenvalue weighted by Gasteiger charge is 2.43. The minimum atomic E-state index is 0.350. The molecule has 2 unspecified atom stereocenters. The van der Waals surface area contributed by atoms with Gasteiger partial charge >= 0.3 is 6.01 Å². The van der Waals surface area contributed by atoms with E-state index in [2.05, 4.69) is 36.3 Å². The lowest BCUT2D eigenvalue weighted by Crippen LogP contribution is -2.48. The second kappa shape index (κ2) is 8.00. The topological polar surface area (TPSA) is 81.0 Å². The van der Waals surface area contributed by atoms with E-state index in [9.17, 15) is 0 Å². The number of ether oxygens (including phenoxy) is 1. The van der Waals surface area contributed by atoms with Gasteiger partial charge in [0.25, 0.3) is 0 Å². The van der Waals surface area contributed by atoms with Crippen molar-refractivity contribution in [3.8, 4) is 11.8 Å². The molecule has 3 heterocycles. The van der Waals surface area contributed by atoms with Crippen molar-refractivity contribution in [1.82, 2.24) is 24.7 Å². The number of nitrogens with one attached hydrogen (secondary N) is 1. The zero-order chi connectivity index (χ0) is 21.5. The monoisotopic (exact) mass is 439 g/mol. The van der Waals surface area contributed by atoms with Crippen molar-refractivity contribution < 1.29 is 4.74 Å². The molecule has 1 N–H and O–H groups in total. The molecule has 2 atom stereocenters. The van der Waals surface area contributed by atoms with Crippen LogP contribution in [0.2, 0.25) is 5.02 Å². The summed E-state index contributed by atoms with van der Waals surface area (Å²) in [5.74, 6) is 3.33. The molecule has 2 aromatic heterocycles. The number of hydrogen-bond acceptors (Lipinski definition) is 7. The van der Waals surface area contributed by atoms with Crippen LogP contribution in [0, 0.1) is 25.7 Å². The van der Waals surface area contributed by atoms with Crippen LogP contribution in [0.25, 0.3) is 0 Å². The molecule has 1 saturated carbocycles. The first-order valence-electron chi connectivity index (χ1n) is 10.6. The van der Waals surface area contributed by atoms with Crippen LogP contribution in [-0.2, 0) is 7.05 Å². The van der Waals surface area contributed by atoms with Gasteiger partial charge in [0.05, 0.1) is 0 Å². The van der Waals surface area contributed by atoms with Crippen LogP contribution >= 0.6 is 11.6 Å². The van der Waals surface area contributed by atoms with Crippen molar-refractivity contribution in [2.75, 3.05) is 23.3 Å².